The van der Waals surface area contributed by atoms with E-state index in [9.17, 15) is 0 Å². The summed E-state index contributed by atoms with van der Waals surface area (Å²) in [6, 6.07) is 12.6. The summed E-state index contributed by atoms with van der Waals surface area (Å²) in [4.78, 5) is 6.62. The first kappa shape index (κ1) is 21.0. The lowest BCUT2D eigenvalue weighted by atomic mass is 10.0. The fourth-order valence-electron chi connectivity index (χ4n) is 2.82. The molecular weight excluding hydrogens is 336 g/mol. The molecule has 146 valence electrons. The molecule has 0 radical (unpaired) electrons. The van der Waals surface area contributed by atoms with Gasteiger partial charge in [-0.25, -0.2) is 4.99 Å². The van der Waals surface area contributed by atoms with Crippen molar-refractivity contribution >= 4 is 12.0 Å². The minimum absolute atomic E-state index is 0.668. The van der Waals surface area contributed by atoms with Crippen LogP contribution in [-0.4, -0.2) is 38.5 Å². The Hall–Kier alpha value is -2.33. The first-order valence-corrected chi connectivity index (χ1v) is 9.59. The molecule has 0 saturated heterocycles. The molecule has 0 spiro atoms. The van der Waals surface area contributed by atoms with Crippen molar-refractivity contribution in [3.05, 3.63) is 58.7 Å². The highest BCUT2D eigenvalue weighted by molar-refractivity contribution is 5.64. The van der Waals surface area contributed by atoms with Crippen LogP contribution in [0.15, 0.2) is 41.4 Å². The van der Waals surface area contributed by atoms with Gasteiger partial charge in [-0.2, -0.15) is 0 Å². The van der Waals surface area contributed by atoms with Crippen molar-refractivity contribution in [1.29, 1.82) is 0 Å². The van der Waals surface area contributed by atoms with Crippen molar-refractivity contribution in [3.8, 4) is 5.75 Å². The summed E-state index contributed by atoms with van der Waals surface area (Å²) in [6.07, 6.45) is 3.75. The Kier molecular flexibility index (Phi) is 8.34. The first-order chi connectivity index (χ1) is 13.0. The van der Waals surface area contributed by atoms with Gasteiger partial charge in [-0.3, -0.25) is 0 Å². The Morgan fingerprint density at radius 2 is 1.85 bits per heavy atom. The van der Waals surface area contributed by atoms with Gasteiger partial charge in [-0.15, -0.1) is 0 Å². The van der Waals surface area contributed by atoms with Gasteiger partial charge in [-0.1, -0.05) is 30.3 Å². The lowest BCUT2D eigenvalue weighted by Gasteiger charge is -2.13. The molecule has 0 amide bonds. The van der Waals surface area contributed by atoms with E-state index in [0.29, 0.717) is 6.61 Å². The Morgan fingerprint density at radius 3 is 2.56 bits per heavy atom. The van der Waals surface area contributed by atoms with E-state index in [1.807, 2.05) is 24.4 Å². The summed E-state index contributed by atoms with van der Waals surface area (Å²) in [7, 11) is 3.73. The summed E-state index contributed by atoms with van der Waals surface area (Å²) in [5.41, 5.74) is 5.85. The van der Waals surface area contributed by atoms with Gasteiger partial charge in [0.25, 0.3) is 0 Å². The minimum Gasteiger partial charge on any atom is -0.496 e. The van der Waals surface area contributed by atoms with Crippen LogP contribution >= 0.6 is 0 Å². The van der Waals surface area contributed by atoms with Crippen LogP contribution in [0, 0.1) is 13.8 Å². The molecule has 4 nitrogen and oxygen atoms in total. The summed E-state index contributed by atoms with van der Waals surface area (Å²) in [5, 5.41) is 0. The van der Waals surface area contributed by atoms with Crippen LogP contribution in [0.5, 0.6) is 5.75 Å². The third-order valence-corrected chi connectivity index (χ3v) is 4.75. The molecule has 0 fully saturated rings. The fourth-order valence-corrected chi connectivity index (χ4v) is 2.82. The Balaban J connectivity index is 1.91. The van der Waals surface area contributed by atoms with Gasteiger partial charge in [0.1, 0.15) is 5.75 Å². The highest BCUT2D eigenvalue weighted by Gasteiger charge is 2.08. The zero-order valence-corrected chi connectivity index (χ0v) is 17.3. The second-order valence-electron chi connectivity index (χ2n) is 6.85. The molecule has 0 aliphatic carbocycles. The van der Waals surface area contributed by atoms with E-state index in [1.165, 1.54) is 16.7 Å². The lowest BCUT2D eigenvalue weighted by molar-refractivity contribution is 0.118. The second kappa shape index (κ2) is 10.7. The summed E-state index contributed by atoms with van der Waals surface area (Å²) in [5.74, 6) is 0.894. The number of rotatable bonds is 10. The largest absolute Gasteiger partial charge is 0.496 e. The number of ether oxygens (including phenoxy) is 2. The number of hydrogen-bond acceptors (Lipinski definition) is 3. The molecule has 0 atom stereocenters. The molecule has 0 aromatic heterocycles. The van der Waals surface area contributed by atoms with Crippen molar-refractivity contribution in [2.24, 2.45) is 4.99 Å². The van der Waals surface area contributed by atoms with Crippen molar-refractivity contribution in [2.75, 3.05) is 27.3 Å². The molecule has 0 saturated carbocycles. The average Bonchev–Trinajstić information content (AvgIpc) is 2.68. The maximum Gasteiger partial charge on any atom is 0.124 e. The van der Waals surface area contributed by atoms with E-state index in [0.717, 1.165) is 43.0 Å². The number of methoxy groups -OCH3 is 1. The molecule has 0 aliphatic heterocycles. The van der Waals surface area contributed by atoms with Gasteiger partial charge in [0.15, 0.2) is 0 Å². The third kappa shape index (κ3) is 6.40. The SMILES string of the molecule is CCN(C)/C=N/c1cc(OC)c(CCCOCc2ccccc2C)cc1C. The molecule has 2 aromatic carbocycles. The maximum atomic E-state index is 5.86. The predicted octanol–water partition coefficient (Wildman–Crippen LogP) is 5.07. The molecule has 0 aliphatic rings. The highest BCUT2D eigenvalue weighted by Crippen LogP contribution is 2.29. The van der Waals surface area contributed by atoms with Crippen molar-refractivity contribution in [1.82, 2.24) is 4.90 Å². The van der Waals surface area contributed by atoms with Gasteiger partial charge >= 0.3 is 0 Å². The van der Waals surface area contributed by atoms with Crippen LogP contribution in [-0.2, 0) is 17.8 Å². The molecular formula is C23H32N2O2. The monoisotopic (exact) mass is 368 g/mol. The molecule has 4 heteroatoms. The normalized spacial score (nSPS) is 11.1. The Bertz CT molecular complexity index is 756. The molecule has 2 rings (SSSR count). The van der Waals surface area contributed by atoms with Gasteiger partial charge in [0, 0.05) is 26.3 Å². The Labute approximate surface area is 163 Å². The molecule has 0 N–H and O–H groups in total. The summed E-state index contributed by atoms with van der Waals surface area (Å²) < 4.78 is 11.4. The van der Waals surface area contributed by atoms with Crippen LogP contribution in [0.2, 0.25) is 0 Å². The van der Waals surface area contributed by atoms with E-state index < -0.39 is 0 Å². The average molecular weight is 369 g/mol. The summed E-state index contributed by atoms with van der Waals surface area (Å²) >= 11 is 0. The van der Waals surface area contributed by atoms with E-state index in [2.05, 4.69) is 56.1 Å². The number of nitrogens with zero attached hydrogens (tertiary/aromatic N) is 2. The molecule has 2 aromatic rings. The molecule has 0 heterocycles. The zero-order valence-electron chi connectivity index (χ0n) is 17.3. The van der Waals surface area contributed by atoms with Crippen molar-refractivity contribution < 1.29 is 9.47 Å². The van der Waals surface area contributed by atoms with Gasteiger partial charge in [-0.05, 0) is 55.9 Å². The Morgan fingerprint density at radius 1 is 1.07 bits per heavy atom. The molecule has 0 unspecified atom stereocenters. The highest BCUT2D eigenvalue weighted by atomic mass is 16.5. The minimum atomic E-state index is 0.668. The maximum absolute atomic E-state index is 5.86. The predicted molar refractivity (Wildman–Crippen MR) is 113 cm³/mol. The van der Waals surface area contributed by atoms with Crippen molar-refractivity contribution in [3.63, 3.8) is 0 Å². The number of aryl methyl sites for hydroxylation is 3. The van der Waals surface area contributed by atoms with Crippen LogP contribution in [0.25, 0.3) is 0 Å². The fraction of sp³-hybridized carbons (Fsp3) is 0.435. The lowest BCUT2D eigenvalue weighted by Crippen LogP contribution is -2.14. The van der Waals surface area contributed by atoms with E-state index >= 15 is 0 Å². The topological polar surface area (TPSA) is 34.1 Å². The van der Waals surface area contributed by atoms with Crippen LogP contribution in [0.3, 0.4) is 0 Å². The summed E-state index contributed by atoms with van der Waals surface area (Å²) in [6.45, 7) is 8.65. The number of benzene rings is 2. The van der Waals surface area contributed by atoms with E-state index in [1.54, 1.807) is 7.11 Å². The quantitative estimate of drug-likeness (QED) is 0.333. The van der Waals surface area contributed by atoms with Gasteiger partial charge < -0.3 is 14.4 Å². The smallest absolute Gasteiger partial charge is 0.124 e. The van der Waals surface area contributed by atoms with E-state index in [4.69, 9.17) is 9.47 Å². The van der Waals surface area contributed by atoms with Gasteiger partial charge in [0.05, 0.1) is 25.7 Å². The standard InChI is InChI=1S/C23H32N2O2/c1-6-25(4)17-24-22-15-23(26-5)20(14-19(22)3)12-9-13-27-16-21-11-8-7-10-18(21)2/h7-8,10-11,14-15,17H,6,9,12-13,16H2,1-5H3/b24-17+. The number of aliphatic imine (C=N–C) groups is 1. The van der Waals surface area contributed by atoms with Crippen molar-refractivity contribution in [2.45, 2.75) is 40.2 Å². The van der Waals surface area contributed by atoms with E-state index in [-0.39, 0.29) is 0 Å². The zero-order chi connectivity index (χ0) is 19.6. The van der Waals surface area contributed by atoms with Gasteiger partial charge in [0.2, 0.25) is 0 Å². The van der Waals surface area contributed by atoms with Crippen LogP contribution in [0.1, 0.15) is 35.6 Å². The second-order valence-corrected chi connectivity index (χ2v) is 6.85. The first-order valence-electron chi connectivity index (χ1n) is 9.59. The molecule has 0 bridgehead atoms. The number of hydrogen-bond donors (Lipinski definition) is 0. The molecule has 27 heavy (non-hydrogen) atoms. The van der Waals surface area contributed by atoms with Crippen LogP contribution in [0.4, 0.5) is 5.69 Å². The third-order valence-electron chi connectivity index (χ3n) is 4.75. The van der Waals surface area contributed by atoms with Crippen LogP contribution < -0.4 is 4.74 Å².